The number of hydrogen-bond donors (Lipinski definition) is 2. The first-order valence-electron chi connectivity index (χ1n) is 6.48. The fourth-order valence-corrected chi connectivity index (χ4v) is 2.06. The summed E-state index contributed by atoms with van der Waals surface area (Å²) in [5.41, 5.74) is 2.13. The van der Waals surface area contributed by atoms with Crippen LogP contribution in [-0.2, 0) is 6.42 Å². The molecule has 106 valence electrons. The lowest BCUT2D eigenvalue weighted by atomic mass is 10.1. The second kappa shape index (κ2) is 5.24. The van der Waals surface area contributed by atoms with Crippen LogP contribution in [0, 0.1) is 0 Å². The molecule has 21 heavy (non-hydrogen) atoms. The van der Waals surface area contributed by atoms with Gasteiger partial charge in [0.25, 0.3) is 5.89 Å². The Hall–Kier alpha value is -2.89. The molecule has 0 fully saturated rings. The maximum atomic E-state index is 9.82. The molecule has 0 aliphatic carbocycles. The van der Waals surface area contributed by atoms with Gasteiger partial charge in [0.2, 0.25) is 5.82 Å². The van der Waals surface area contributed by atoms with E-state index in [1.54, 1.807) is 12.4 Å². The van der Waals surface area contributed by atoms with Crippen molar-refractivity contribution in [2.24, 2.45) is 0 Å². The van der Waals surface area contributed by atoms with E-state index in [1.165, 1.54) is 18.2 Å². The van der Waals surface area contributed by atoms with Crippen molar-refractivity contribution in [3.63, 3.8) is 0 Å². The van der Waals surface area contributed by atoms with E-state index in [2.05, 4.69) is 15.1 Å². The van der Waals surface area contributed by atoms with Crippen LogP contribution in [0.2, 0.25) is 0 Å². The van der Waals surface area contributed by atoms with Gasteiger partial charge in [0.05, 0.1) is 5.56 Å². The minimum absolute atomic E-state index is 0.0145. The third-order valence-electron chi connectivity index (χ3n) is 3.16. The van der Waals surface area contributed by atoms with Crippen LogP contribution < -0.4 is 0 Å². The van der Waals surface area contributed by atoms with Crippen molar-refractivity contribution in [2.45, 2.75) is 13.3 Å². The first-order valence-corrected chi connectivity index (χ1v) is 6.48. The molecule has 3 aromatic rings. The van der Waals surface area contributed by atoms with Crippen molar-refractivity contribution in [2.75, 3.05) is 0 Å². The number of aromatic hydroxyl groups is 2. The number of phenolic OH excluding ortho intramolecular Hbond substituents is 2. The van der Waals surface area contributed by atoms with Gasteiger partial charge in [-0.3, -0.25) is 4.98 Å². The lowest BCUT2D eigenvalue weighted by Crippen LogP contribution is -1.90. The predicted octanol–water partition coefficient (Wildman–Crippen LogP) is 2.77. The summed E-state index contributed by atoms with van der Waals surface area (Å²) in [7, 11) is 0. The Morgan fingerprint density at radius 2 is 2.00 bits per heavy atom. The topological polar surface area (TPSA) is 92.3 Å². The fourth-order valence-electron chi connectivity index (χ4n) is 2.06. The van der Waals surface area contributed by atoms with Crippen LogP contribution in [0.25, 0.3) is 22.8 Å². The molecule has 0 bridgehead atoms. The number of pyridine rings is 1. The molecule has 0 saturated heterocycles. The molecule has 2 aromatic heterocycles. The Morgan fingerprint density at radius 3 is 2.81 bits per heavy atom. The summed E-state index contributed by atoms with van der Waals surface area (Å²) in [5.74, 6) is 0.554. The smallest absolute Gasteiger partial charge is 0.262 e. The lowest BCUT2D eigenvalue weighted by molar-refractivity contribution is 0.423. The maximum absolute atomic E-state index is 9.82. The molecule has 6 heteroatoms. The number of rotatable bonds is 3. The van der Waals surface area contributed by atoms with E-state index in [0.29, 0.717) is 11.4 Å². The zero-order valence-corrected chi connectivity index (χ0v) is 11.3. The number of phenols is 2. The summed E-state index contributed by atoms with van der Waals surface area (Å²) in [6.07, 6.45) is 4.22. The highest BCUT2D eigenvalue weighted by atomic mass is 16.5. The third-order valence-corrected chi connectivity index (χ3v) is 3.16. The first-order chi connectivity index (χ1) is 10.2. The maximum Gasteiger partial charge on any atom is 0.262 e. The Bertz CT molecular complexity index is 783. The molecule has 0 unspecified atom stereocenters. The van der Waals surface area contributed by atoms with Gasteiger partial charge in [0.1, 0.15) is 11.5 Å². The summed E-state index contributed by atoms with van der Waals surface area (Å²) in [4.78, 5) is 8.36. The zero-order valence-electron chi connectivity index (χ0n) is 11.3. The Balaban J connectivity index is 2.06. The highest BCUT2D eigenvalue weighted by Gasteiger charge is 2.16. The van der Waals surface area contributed by atoms with Gasteiger partial charge in [0, 0.05) is 18.0 Å². The van der Waals surface area contributed by atoms with Gasteiger partial charge in [-0.2, -0.15) is 4.98 Å². The van der Waals surface area contributed by atoms with Gasteiger partial charge in [0.15, 0.2) is 0 Å². The molecular formula is C15H13N3O3. The minimum Gasteiger partial charge on any atom is -0.508 e. The molecule has 3 rings (SSSR count). The number of aryl methyl sites for hydroxylation is 1. The summed E-state index contributed by atoms with van der Waals surface area (Å²) >= 11 is 0. The molecule has 2 N–H and O–H groups in total. The summed E-state index contributed by atoms with van der Waals surface area (Å²) in [6, 6.07) is 5.95. The van der Waals surface area contributed by atoms with Crippen molar-refractivity contribution >= 4 is 0 Å². The molecular weight excluding hydrogens is 270 g/mol. The highest BCUT2D eigenvalue weighted by molar-refractivity contribution is 5.67. The Labute approximate surface area is 120 Å². The normalized spacial score (nSPS) is 10.7. The molecule has 0 spiro atoms. The number of nitrogens with zero attached hydrogens (tertiary/aromatic N) is 3. The van der Waals surface area contributed by atoms with E-state index in [-0.39, 0.29) is 17.4 Å². The largest absolute Gasteiger partial charge is 0.508 e. The standard InChI is InChI=1S/C15H13N3O3/c1-2-9-8-16-6-5-11(9)14-17-15(21-18-14)12-7-10(19)3-4-13(12)20/h3-8,19-20H,2H2,1H3. The van der Waals surface area contributed by atoms with E-state index in [0.717, 1.165) is 17.5 Å². The van der Waals surface area contributed by atoms with Gasteiger partial charge < -0.3 is 14.7 Å². The predicted molar refractivity (Wildman–Crippen MR) is 75.7 cm³/mol. The van der Waals surface area contributed by atoms with Gasteiger partial charge in [-0.15, -0.1) is 0 Å². The molecule has 0 aliphatic heterocycles. The fraction of sp³-hybridized carbons (Fsp3) is 0.133. The van der Waals surface area contributed by atoms with E-state index in [9.17, 15) is 10.2 Å². The van der Waals surface area contributed by atoms with Crippen molar-refractivity contribution in [1.82, 2.24) is 15.1 Å². The van der Waals surface area contributed by atoms with Crippen LogP contribution in [0.3, 0.4) is 0 Å². The molecule has 0 aliphatic rings. The van der Waals surface area contributed by atoms with E-state index >= 15 is 0 Å². The van der Waals surface area contributed by atoms with Crippen LogP contribution in [0.15, 0.2) is 41.2 Å². The highest BCUT2D eigenvalue weighted by Crippen LogP contribution is 2.32. The van der Waals surface area contributed by atoms with Crippen LogP contribution in [0.1, 0.15) is 12.5 Å². The van der Waals surface area contributed by atoms with Gasteiger partial charge in [-0.25, -0.2) is 0 Å². The molecule has 1 aromatic carbocycles. The summed E-state index contributed by atoms with van der Waals surface area (Å²) in [5, 5.41) is 23.3. The zero-order chi connectivity index (χ0) is 14.8. The first kappa shape index (κ1) is 13.1. The Kier molecular flexibility index (Phi) is 3.27. The van der Waals surface area contributed by atoms with Crippen LogP contribution >= 0.6 is 0 Å². The number of aromatic nitrogens is 3. The van der Waals surface area contributed by atoms with Crippen molar-refractivity contribution in [3.8, 4) is 34.3 Å². The molecule has 0 atom stereocenters. The third kappa shape index (κ3) is 2.43. The minimum atomic E-state index is -0.0338. The second-order valence-electron chi connectivity index (χ2n) is 4.51. The summed E-state index contributed by atoms with van der Waals surface area (Å²) in [6.45, 7) is 2.02. The quantitative estimate of drug-likeness (QED) is 0.718. The second-order valence-corrected chi connectivity index (χ2v) is 4.51. The van der Waals surface area contributed by atoms with E-state index in [4.69, 9.17) is 4.52 Å². The van der Waals surface area contributed by atoms with Crippen LogP contribution in [0.4, 0.5) is 0 Å². The molecule has 0 saturated carbocycles. The average Bonchev–Trinajstić information content (AvgIpc) is 2.99. The number of hydrogen-bond acceptors (Lipinski definition) is 6. The van der Waals surface area contributed by atoms with Gasteiger partial charge in [-0.05, 0) is 36.2 Å². The van der Waals surface area contributed by atoms with Crippen molar-refractivity contribution in [3.05, 3.63) is 42.2 Å². The van der Waals surface area contributed by atoms with Crippen LogP contribution in [-0.4, -0.2) is 25.3 Å². The number of benzene rings is 1. The average molecular weight is 283 g/mol. The van der Waals surface area contributed by atoms with Gasteiger partial charge in [-0.1, -0.05) is 12.1 Å². The molecule has 0 amide bonds. The Morgan fingerprint density at radius 1 is 1.14 bits per heavy atom. The van der Waals surface area contributed by atoms with E-state index < -0.39 is 0 Å². The summed E-state index contributed by atoms with van der Waals surface area (Å²) < 4.78 is 5.19. The SMILES string of the molecule is CCc1cnccc1-c1noc(-c2cc(O)ccc2O)n1. The van der Waals surface area contributed by atoms with Crippen LogP contribution in [0.5, 0.6) is 11.5 Å². The van der Waals surface area contributed by atoms with Crippen molar-refractivity contribution < 1.29 is 14.7 Å². The molecule has 0 radical (unpaired) electrons. The lowest BCUT2D eigenvalue weighted by Gasteiger charge is -2.01. The van der Waals surface area contributed by atoms with Gasteiger partial charge >= 0.3 is 0 Å². The van der Waals surface area contributed by atoms with Crippen molar-refractivity contribution in [1.29, 1.82) is 0 Å². The molecule has 2 heterocycles. The monoisotopic (exact) mass is 283 g/mol. The van der Waals surface area contributed by atoms with E-state index in [1.807, 2.05) is 13.0 Å². The molecule has 6 nitrogen and oxygen atoms in total.